The van der Waals surface area contributed by atoms with Gasteiger partial charge in [0.1, 0.15) is 11.5 Å². The van der Waals surface area contributed by atoms with E-state index in [1.54, 1.807) is 6.20 Å². The summed E-state index contributed by atoms with van der Waals surface area (Å²) in [5.41, 5.74) is 7.89. The Bertz CT molecular complexity index is 533. The van der Waals surface area contributed by atoms with E-state index < -0.39 is 0 Å². The number of benzene rings is 1. The summed E-state index contributed by atoms with van der Waals surface area (Å²) in [6.45, 7) is 6.24. The molecule has 0 saturated heterocycles. The molecule has 0 aliphatic carbocycles. The van der Waals surface area contributed by atoms with Gasteiger partial charge in [-0.05, 0) is 42.7 Å². The van der Waals surface area contributed by atoms with Gasteiger partial charge in [0.2, 0.25) is 0 Å². The monoisotopic (exact) mass is 256 g/mol. The van der Waals surface area contributed by atoms with Crippen molar-refractivity contribution in [1.82, 2.24) is 4.98 Å². The number of aromatic nitrogens is 1. The van der Waals surface area contributed by atoms with Gasteiger partial charge >= 0.3 is 0 Å². The highest BCUT2D eigenvalue weighted by molar-refractivity contribution is 5.34. The third kappa shape index (κ3) is 3.55. The predicted octanol–water partition coefficient (Wildman–Crippen LogP) is 4.02. The number of nitrogens with zero attached hydrogens (tertiary/aromatic N) is 1. The lowest BCUT2D eigenvalue weighted by Crippen LogP contribution is -2.06. The number of pyridine rings is 1. The number of nitrogens with two attached hydrogens (primary N) is 1. The quantitative estimate of drug-likeness (QED) is 0.898. The van der Waals surface area contributed by atoms with Crippen molar-refractivity contribution in [2.24, 2.45) is 5.73 Å². The van der Waals surface area contributed by atoms with Crippen LogP contribution in [0.5, 0.6) is 11.5 Å². The summed E-state index contributed by atoms with van der Waals surface area (Å²) in [6, 6.07) is 11.9. The third-order valence-corrected chi connectivity index (χ3v) is 2.99. The van der Waals surface area contributed by atoms with Crippen molar-refractivity contribution < 1.29 is 4.74 Å². The molecule has 2 rings (SSSR count). The van der Waals surface area contributed by atoms with Crippen LogP contribution in [0.15, 0.2) is 42.6 Å². The van der Waals surface area contributed by atoms with Crippen LogP contribution in [0.25, 0.3) is 0 Å². The van der Waals surface area contributed by atoms with Crippen LogP contribution in [0.3, 0.4) is 0 Å². The molecule has 0 saturated carbocycles. The zero-order valence-electron chi connectivity index (χ0n) is 11.6. The molecular formula is C16H20N2O. The van der Waals surface area contributed by atoms with Crippen molar-refractivity contribution in [1.29, 1.82) is 0 Å². The highest BCUT2D eigenvalue weighted by Gasteiger charge is 2.04. The first kappa shape index (κ1) is 13.6. The van der Waals surface area contributed by atoms with Crippen molar-refractivity contribution in [3.05, 3.63) is 53.9 Å². The first-order chi connectivity index (χ1) is 9.06. The molecule has 19 heavy (non-hydrogen) atoms. The van der Waals surface area contributed by atoms with Gasteiger partial charge in [-0.3, -0.25) is 4.98 Å². The second-order valence-electron chi connectivity index (χ2n) is 5.04. The highest BCUT2D eigenvalue weighted by Crippen LogP contribution is 2.25. The molecule has 3 heteroatoms. The Kier molecular flexibility index (Phi) is 4.17. The second kappa shape index (κ2) is 5.85. The van der Waals surface area contributed by atoms with Crippen LogP contribution < -0.4 is 10.5 Å². The summed E-state index contributed by atoms with van der Waals surface area (Å²) < 4.78 is 5.80. The van der Waals surface area contributed by atoms with E-state index in [0.717, 1.165) is 17.2 Å². The van der Waals surface area contributed by atoms with E-state index in [2.05, 4.69) is 31.0 Å². The Morgan fingerprint density at radius 3 is 2.42 bits per heavy atom. The topological polar surface area (TPSA) is 48.1 Å². The predicted molar refractivity (Wildman–Crippen MR) is 77.4 cm³/mol. The van der Waals surface area contributed by atoms with E-state index in [1.807, 2.05) is 31.2 Å². The zero-order chi connectivity index (χ0) is 13.8. The van der Waals surface area contributed by atoms with E-state index >= 15 is 0 Å². The van der Waals surface area contributed by atoms with Crippen LogP contribution in [-0.4, -0.2) is 4.98 Å². The van der Waals surface area contributed by atoms with Crippen molar-refractivity contribution in [3.8, 4) is 11.5 Å². The second-order valence-corrected chi connectivity index (χ2v) is 5.04. The van der Waals surface area contributed by atoms with Gasteiger partial charge in [-0.1, -0.05) is 26.0 Å². The van der Waals surface area contributed by atoms with Crippen LogP contribution in [0.1, 0.15) is 44.0 Å². The van der Waals surface area contributed by atoms with Gasteiger partial charge in [0.15, 0.2) is 0 Å². The molecule has 0 fully saturated rings. The van der Waals surface area contributed by atoms with E-state index in [0.29, 0.717) is 5.92 Å². The van der Waals surface area contributed by atoms with Gasteiger partial charge in [-0.2, -0.15) is 0 Å². The largest absolute Gasteiger partial charge is 0.456 e. The normalized spacial score (nSPS) is 12.5. The number of hydrogen-bond acceptors (Lipinski definition) is 3. The minimum Gasteiger partial charge on any atom is -0.456 e. The molecule has 1 aromatic heterocycles. The van der Waals surface area contributed by atoms with Gasteiger partial charge in [0.05, 0.1) is 11.9 Å². The fourth-order valence-corrected chi connectivity index (χ4v) is 1.79. The van der Waals surface area contributed by atoms with E-state index in [9.17, 15) is 0 Å². The lowest BCUT2D eigenvalue weighted by molar-refractivity contribution is 0.478. The van der Waals surface area contributed by atoms with Crippen LogP contribution in [0.4, 0.5) is 0 Å². The summed E-state index contributed by atoms with van der Waals surface area (Å²) in [7, 11) is 0. The molecule has 3 nitrogen and oxygen atoms in total. The van der Waals surface area contributed by atoms with Crippen molar-refractivity contribution >= 4 is 0 Å². The average molecular weight is 256 g/mol. The van der Waals surface area contributed by atoms with Gasteiger partial charge in [-0.15, -0.1) is 0 Å². The standard InChI is InChI=1S/C16H20N2O/c1-11(2)13-5-4-6-14(9-13)19-15-7-8-16(12(3)17)18-10-15/h4-12H,17H2,1-3H3. The molecule has 0 amide bonds. The van der Waals surface area contributed by atoms with Crippen LogP contribution in [-0.2, 0) is 0 Å². The Morgan fingerprint density at radius 1 is 1.05 bits per heavy atom. The van der Waals surface area contributed by atoms with E-state index in [1.165, 1.54) is 5.56 Å². The minimum atomic E-state index is -0.0571. The fourth-order valence-electron chi connectivity index (χ4n) is 1.79. The maximum Gasteiger partial charge on any atom is 0.145 e. The molecule has 0 bridgehead atoms. The molecule has 0 radical (unpaired) electrons. The summed E-state index contributed by atoms with van der Waals surface area (Å²) >= 11 is 0. The highest BCUT2D eigenvalue weighted by atomic mass is 16.5. The van der Waals surface area contributed by atoms with Crippen LogP contribution in [0, 0.1) is 0 Å². The molecule has 1 heterocycles. The van der Waals surface area contributed by atoms with Crippen molar-refractivity contribution in [2.45, 2.75) is 32.7 Å². The van der Waals surface area contributed by atoms with Crippen molar-refractivity contribution in [2.75, 3.05) is 0 Å². The Hall–Kier alpha value is -1.87. The Morgan fingerprint density at radius 2 is 1.84 bits per heavy atom. The maximum atomic E-state index is 5.80. The zero-order valence-corrected chi connectivity index (χ0v) is 11.6. The van der Waals surface area contributed by atoms with Gasteiger partial charge < -0.3 is 10.5 Å². The van der Waals surface area contributed by atoms with Gasteiger partial charge in [-0.25, -0.2) is 0 Å². The SMILES string of the molecule is CC(C)c1cccc(Oc2ccc(C(C)N)nc2)c1. The molecule has 0 aliphatic heterocycles. The molecule has 0 spiro atoms. The number of hydrogen-bond donors (Lipinski definition) is 1. The average Bonchev–Trinajstić information content (AvgIpc) is 2.39. The maximum absolute atomic E-state index is 5.80. The molecular weight excluding hydrogens is 236 g/mol. The van der Waals surface area contributed by atoms with E-state index in [-0.39, 0.29) is 6.04 Å². The summed E-state index contributed by atoms with van der Waals surface area (Å²) in [6.07, 6.45) is 1.71. The fraction of sp³-hybridized carbons (Fsp3) is 0.312. The molecule has 1 aromatic carbocycles. The molecule has 0 aliphatic rings. The van der Waals surface area contributed by atoms with Crippen molar-refractivity contribution in [3.63, 3.8) is 0 Å². The summed E-state index contributed by atoms with van der Waals surface area (Å²) in [5.74, 6) is 2.05. The summed E-state index contributed by atoms with van der Waals surface area (Å²) in [5, 5.41) is 0. The Balaban J connectivity index is 2.14. The molecule has 2 aromatic rings. The smallest absolute Gasteiger partial charge is 0.145 e. The number of ether oxygens (including phenoxy) is 1. The molecule has 1 atom stereocenters. The summed E-state index contributed by atoms with van der Waals surface area (Å²) in [4.78, 5) is 4.28. The third-order valence-electron chi connectivity index (χ3n) is 2.99. The lowest BCUT2D eigenvalue weighted by Gasteiger charge is -2.10. The lowest BCUT2D eigenvalue weighted by atomic mass is 10.0. The van der Waals surface area contributed by atoms with Gasteiger partial charge in [0, 0.05) is 6.04 Å². The molecule has 2 N–H and O–H groups in total. The minimum absolute atomic E-state index is 0.0571. The first-order valence-electron chi connectivity index (χ1n) is 6.55. The van der Waals surface area contributed by atoms with Gasteiger partial charge in [0.25, 0.3) is 0 Å². The molecule has 1 unspecified atom stereocenters. The van der Waals surface area contributed by atoms with Crippen LogP contribution >= 0.6 is 0 Å². The van der Waals surface area contributed by atoms with Crippen LogP contribution in [0.2, 0.25) is 0 Å². The number of rotatable bonds is 4. The first-order valence-corrected chi connectivity index (χ1v) is 6.55. The Labute approximate surface area is 114 Å². The molecule has 100 valence electrons. The van der Waals surface area contributed by atoms with E-state index in [4.69, 9.17) is 10.5 Å².